The molecule has 1 unspecified atom stereocenters. The van der Waals surface area contributed by atoms with E-state index >= 15 is 0 Å². The van der Waals surface area contributed by atoms with Crippen molar-refractivity contribution in [2.75, 3.05) is 6.54 Å². The van der Waals surface area contributed by atoms with Gasteiger partial charge in [0.1, 0.15) is 0 Å². The zero-order chi connectivity index (χ0) is 9.14. The van der Waals surface area contributed by atoms with Gasteiger partial charge in [0, 0.05) is 7.05 Å². The summed E-state index contributed by atoms with van der Waals surface area (Å²) < 4.78 is 2.96. The number of nitrogens with two attached hydrogens (primary N) is 1. The molecule has 0 aliphatic heterocycles. The molecule has 0 aliphatic rings. The number of nitrogens with zero attached hydrogens (tertiary/aromatic N) is 2. The summed E-state index contributed by atoms with van der Waals surface area (Å²) in [7, 11) is 1.95. The van der Waals surface area contributed by atoms with Crippen LogP contribution in [0.4, 0.5) is 0 Å². The van der Waals surface area contributed by atoms with E-state index in [1.54, 1.807) is 0 Å². The Hall–Kier alpha value is -0.350. The van der Waals surface area contributed by atoms with Crippen LogP contribution in [0.3, 0.4) is 0 Å². The van der Waals surface area contributed by atoms with Gasteiger partial charge in [-0.05, 0) is 34.8 Å². The lowest BCUT2D eigenvalue weighted by Crippen LogP contribution is -2.15. The van der Waals surface area contributed by atoms with Gasteiger partial charge in [-0.2, -0.15) is 5.10 Å². The summed E-state index contributed by atoms with van der Waals surface area (Å²) in [6.45, 7) is 2.86. The van der Waals surface area contributed by atoms with Crippen molar-refractivity contribution in [3.05, 3.63) is 16.4 Å². The van der Waals surface area contributed by atoms with Crippen LogP contribution in [0.15, 0.2) is 10.7 Å². The number of hydrogen-bond acceptors (Lipinski definition) is 2. The van der Waals surface area contributed by atoms with Crippen molar-refractivity contribution in [3.8, 4) is 0 Å². The highest BCUT2D eigenvalue weighted by Crippen LogP contribution is 2.18. The van der Waals surface area contributed by atoms with E-state index in [4.69, 9.17) is 5.73 Å². The summed E-state index contributed by atoms with van der Waals surface area (Å²) in [5.74, 6) is 0.511. The molecule has 4 heteroatoms. The first-order valence-electron chi connectivity index (χ1n) is 4.01. The van der Waals surface area contributed by atoms with E-state index in [-0.39, 0.29) is 0 Å². The lowest BCUT2D eigenvalue weighted by molar-refractivity contribution is 0.557. The Morgan fingerprint density at radius 1 is 1.75 bits per heavy atom. The topological polar surface area (TPSA) is 43.8 Å². The molecule has 0 amide bonds. The Balaban J connectivity index is 2.73. The van der Waals surface area contributed by atoms with E-state index < -0.39 is 0 Å². The molecule has 0 saturated heterocycles. The summed E-state index contributed by atoms with van der Waals surface area (Å²) in [5, 5.41) is 4.13. The number of aromatic nitrogens is 2. The van der Waals surface area contributed by atoms with Gasteiger partial charge in [0.2, 0.25) is 0 Å². The lowest BCUT2D eigenvalue weighted by atomic mass is 10.1. The van der Waals surface area contributed by atoms with Crippen molar-refractivity contribution < 1.29 is 0 Å². The highest BCUT2D eigenvalue weighted by atomic mass is 79.9. The molecule has 1 atom stereocenters. The minimum atomic E-state index is 0.511. The molecule has 1 aromatic rings. The normalized spacial score (nSPS) is 13.3. The molecule has 1 heterocycles. The minimum absolute atomic E-state index is 0.511. The second-order valence-electron chi connectivity index (χ2n) is 3.11. The summed E-state index contributed by atoms with van der Waals surface area (Å²) in [4.78, 5) is 0. The third-order valence-corrected chi connectivity index (χ3v) is 2.62. The highest BCUT2D eigenvalue weighted by molar-refractivity contribution is 9.10. The smallest absolute Gasteiger partial charge is 0.0635 e. The van der Waals surface area contributed by atoms with Crippen molar-refractivity contribution in [1.29, 1.82) is 0 Å². The molecule has 12 heavy (non-hydrogen) atoms. The molecular formula is C8H14BrN3. The monoisotopic (exact) mass is 231 g/mol. The third kappa shape index (κ3) is 2.08. The summed E-state index contributed by atoms with van der Waals surface area (Å²) in [5.41, 5.74) is 6.76. The second-order valence-corrected chi connectivity index (χ2v) is 3.96. The first-order valence-corrected chi connectivity index (χ1v) is 4.81. The maximum atomic E-state index is 5.54. The van der Waals surface area contributed by atoms with Crippen molar-refractivity contribution in [2.24, 2.45) is 18.7 Å². The number of halogens is 1. The number of hydrogen-bond donors (Lipinski definition) is 1. The maximum absolute atomic E-state index is 5.54. The molecule has 1 aromatic heterocycles. The van der Waals surface area contributed by atoms with Gasteiger partial charge >= 0.3 is 0 Å². The fourth-order valence-corrected chi connectivity index (χ4v) is 1.59. The molecule has 0 aliphatic carbocycles. The average molecular weight is 232 g/mol. The third-order valence-electron chi connectivity index (χ3n) is 1.95. The first kappa shape index (κ1) is 9.74. The second kappa shape index (κ2) is 4.05. The van der Waals surface area contributed by atoms with E-state index in [1.165, 1.54) is 5.69 Å². The Morgan fingerprint density at radius 2 is 2.42 bits per heavy atom. The molecule has 0 spiro atoms. The zero-order valence-corrected chi connectivity index (χ0v) is 9.00. The molecule has 0 radical (unpaired) electrons. The van der Waals surface area contributed by atoms with Crippen LogP contribution in [-0.4, -0.2) is 16.3 Å². The van der Waals surface area contributed by atoms with Gasteiger partial charge < -0.3 is 5.73 Å². The van der Waals surface area contributed by atoms with Crippen LogP contribution >= 0.6 is 15.9 Å². The Kier molecular flexibility index (Phi) is 3.29. The molecule has 0 fully saturated rings. The molecule has 0 saturated carbocycles. The highest BCUT2D eigenvalue weighted by Gasteiger charge is 2.09. The number of rotatable bonds is 3. The molecule has 3 nitrogen and oxygen atoms in total. The summed E-state index contributed by atoms with van der Waals surface area (Å²) in [6, 6.07) is 0. The summed E-state index contributed by atoms with van der Waals surface area (Å²) in [6.07, 6.45) is 2.80. The average Bonchev–Trinajstić information content (AvgIpc) is 2.35. The van der Waals surface area contributed by atoms with E-state index in [2.05, 4.69) is 28.0 Å². The standard InChI is InChI=1S/C8H14BrN3/c1-6(4-10)3-8-7(9)5-11-12(8)2/h5-6H,3-4,10H2,1-2H3. The largest absolute Gasteiger partial charge is 0.330 e. The van der Waals surface area contributed by atoms with Gasteiger partial charge in [-0.15, -0.1) is 0 Å². The van der Waals surface area contributed by atoms with Crippen LogP contribution in [0.1, 0.15) is 12.6 Å². The lowest BCUT2D eigenvalue weighted by Gasteiger charge is -2.08. The van der Waals surface area contributed by atoms with Crippen LogP contribution in [-0.2, 0) is 13.5 Å². The quantitative estimate of drug-likeness (QED) is 0.854. The first-order chi connectivity index (χ1) is 5.65. The van der Waals surface area contributed by atoms with Gasteiger partial charge in [-0.3, -0.25) is 4.68 Å². The van der Waals surface area contributed by atoms with Gasteiger partial charge in [0.05, 0.1) is 16.4 Å². The van der Waals surface area contributed by atoms with Crippen molar-refractivity contribution >= 4 is 15.9 Å². The number of aryl methyl sites for hydroxylation is 1. The maximum Gasteiger partial charge on any atom is 0.0635 e. The Bertz CT molecular complexity index is 237. The van der Waals surface area contributed by atoms with Crippen LogP contribution in [0.5, 0.6) is 0 Å². The van der Waals surface area contributed by atoms with Gasteiger partial charge in [-0.25, -0.2) is 0 Å². The van der Waals surface area contributed by atoms with E-state index in [0.29, 0.717) is 5.92 Å². The minimum Gasteiger partial charge on any atom is -0.330 e. The van der Waals surface area contributed by atoms with Gasteiger partial charge in [0.25, 0.3) is 0 Å². The van der Waals surface area contributed by atoms with Crippen molar-refractivity contribution in [2.45, 2.75) is 13.3 Å². The van der Waals surface area contributed by atoms with E-state index in [1.807, 2.05) is 17.9 Å². The summed E-state index contributed by atoms with van der Waals surface area (Å²) >= 11 is 3.45. The van der Waals surface area contributed by atoms with Crippen LogP contribution < -0.4 is 5.73 Å². The Labute approximate surface area is 81.1 Å². The molecule has 68 valence electrons. The Morgan fingerprint density at radius 3 is 2.83 bits per heavy atom. The predicted octanol–water partition coefficient (Wildman–Crippen LogP) is 1.32. The predicted molar refractivity (Wildman–Crippen MR) is 52.8 cm³/mol. The van der Waals surface area contributed by atoms with Crippen molar-refractivity contribution in [3.63, 3.8) is 0 Å². The van der Waals surface area contributed by atoms with E-state index in [9.17, 15) is 0 Å². The molecule has 2 N–H and O–H groups in total. The van der Waals surface area contributed by atoms with Gasteiger partial charge in [0.15, 0.2) is 0 Å². The fraction of sp³-hybridized carbons (Fsp3) is 0.625. The van der Waals surface area contributed by atoms with Crippen molar-refractivity contribution in [1.82, 2.24) is 9.78 Å². The van der Waals surface area contributed by atoms with Crippen LogP contribution in [0, 0.1) is 5.92 Å². The molecule has 0 aromatic carbocycles. The SMILES string of the molecule is CC(CN)Cc1c(Br)cnn1C. The molecule has 1 rings (SSSR count). The fourth-order valence-electron chi connectivity index (χ4n) is 1.08. The molecular weight excluding hydrogens is 218 g/mol. The van der Waals surface area contributed by atoms with E-state index in [0.717, 1.165) is 17.4 Å². The van der Waals surface area contributed by atoms with Crippen LogP contribution in [0.25, 0.3) is 0 Å². The molecule has 0 bridgehead atoms. The zero-order valence-electron chi connectivity index (χ0n) is 7.42. The van der Waals surface area contributed by atoms with Crippen LogP contribution in [0.2, 0.25) is 0 Å². The van der Waals surface area contributed by atoms with Gasteiger partial charge in [-0.1, -0.05) is 6.92 Å².